The second kappa shape index (κ2) is 4.07. The lowest BCUT2D eigenvalue weighted by Crippen LogP contribution is -1.93. The van der Waals surface area contributed by atoms with Crippen molar-refractivity contribution in [2.45, 2.75) is 12.8 Å². The smallest absolute Gasteiger partial charge is 0.145 e. The molecule has 78 valence electrons. The first kappa shape index (κ1) is 10.2. The first-order chi connectivity index (χ1) is 7.16. The Labute approximate surface area is 93.3 Å². The van der Waals surface area contributed by atoms with Crippen LogP contribution in [-0.4, -0.2) is 0 Å². The van der Waals surface area contributed by atoms with E-state index in [0.29, 0.717) is 12.0 Å². The van der Waals surface area contributed by atoms with Gasteiger partial charge in [-0.15, -0.1) is 0 Å². The van der Waals surface area contributed by atoms with Gasteiger partial charge in [0.2, 0.25) is 0 Å². The molecule has 3 heteroatoms. The summed E-state index contributed by atoms with van der Waals surface area (Å²) >= 11 is 5.70. The molecule has 1 aromatic carbocycles. The van der Waals surface area contributed by atoms with Crippen LogP contribution in [0.5, 0.6) is 0 Å². The molecular weight excluding hydrogens is 213 g/mol. The number of rotatable bonds is 2. The molecule has 1 aromatic rings. The van der Waals surface area contributed by atoms with Crippen LogP contribution in [0.1, 0.15) is 12.0 Å². The summed E-state index contributed by atoms with van der Waals surface area (Å²) in [6, 6.07) is 5.07. The van der Waals surface area contributed by atoms with Gasteiger partial charge >= 0.3 is 0 Å². The fraction of sp³-hybridized carbons (Fsp3) is 0.167. The largest absolute Gasteiger partial charge is 0.365 e. The lowest BCUT2D eigenvalue weighted by Gasteiger charge is -2.04. The zero-order chi connectivity index (χ0) is 10.8. The third-order valence-corrected chi connectivity index (χ3v) is 2.66. The van der Waals surface area contributed by atoms with E-state index in [2.05, 4.69) is 11.9 Å². The van der Waals surface area contributed by atoms with E-state index >= 15 is 0 Å². The monoisotopic (exact) mass is 223 g/mol. The number of hydrogen-bond donors (Lipinski definition) is 1. The first-order valence-corrected chi connectivity index (χ1v) is 5.10. The van der Waals surface area contributed by atoms with E-state index < -0.39 is 0 Å². The number of benzene rings is 1. The van der Waals surface area contributed by atoms with Gasteiger partial charge in [-0.25, -0.2) is 4.39 Å². The van der Waals surface area contributed by atoms with Crippen LogP contribution in [0.2, 0.25) is 5.02 Å². The number of hydrogen-bond acceptors (Lipinski definition) is 1. The van der Waals surface area contributed by atoms with Gasteiger partial charge < -0.3 is 5.32 Å². The van der Waals surface area contributed by atoms with Crippen molar-refractivity contribution in [3.05, 3.63) is 58.7 Å². The maximum atomic E-state index is 13.6. The van der Waals surface area contributed by atoms with Crippen LogP contribution < -0.4 is 5.32 Å². The van der Waals surface area contributed by atoms with Crippen molar-refractivity contribution in [1.29, 1.82) is 0 Å². The highest BCUT2D eigenvalue weighted by Gasteiger charge is 2.12. The molecule has 0 atom stereocenters. The van der Waals surface area contributed by atoms with Gasteiger partial charge in [0.1, 0.15) is 5.82 Å². The summed E-state index contributed by atoms with van der Waals surface area (Å²) in [6.07, 6.45) is 3.24. The van der Waals surface area contributed by atoms with Crippen LogP contribution in [0.4, 0.5) is 4.39 Å². The molecule has 1 aliphatic heterocycles. The molecule has 1 aliphatic rings. The van der Waals surface area contributed by atoms with Crippen molar-refractivity contribution in [3.63, 3.8) is 0 Å². The van der Waals surface area contributed by atoms with Crippen LogP contribution in [0.15, 0.2) is 42.2 Å². The molecule has 0 bridgehead atoms. The van der Waals surface area contributed by atoms with E-state index in [-0.39, 0.29) is 10.8 Å². The Kier molecular flexibility index (Phi) is 2.78. The summed E-state index contributed by atoms with van der Waals surface area (Å²) < 4.78 is 13.6. The van der Waals surface area contributed by atoms with Gasteiger partial charge in [0.25, 0.3) is 0 Å². The van der Waals surface area contributed by atoms with Gasteiger partial charge in [0, 0.05) is 18.3 Å². The Morgan fingerprint density at radius 1 is 1.47 bits per heavy atom. The quantitative estimate of drug-likeness (QED) is 0.810. The maximum Gasteiger partial charge on any atom is 0.145 e. The van der Waals surface area contributed by atoms with E-state index in [0.717, 1.165) is 17.7 Å². The van der Waals surface area contributed by atoms with Crippen LogP contribution in [0.25, 0.3) is 0 Å². The van der Waals surface area contributed by atoms with Crippen molar-refractivity contribution in [2.24, 2.45) is 0 Å². The number of nitrogens with one attached hydrogen (secondary N) is 1. The molecule has 1 nitrogen and oxygen atoms in total. The minimum atomic E-state index is -0.322. The third-order valence-electron chi connectivity index (χ3n) is 2.37. The highest BCUT2D eigenvalue weighted by atomic mass is 35.5. The van der Waals surface area contributed by atoms with E-state index in [1.165, 1.54) is 0 Å². The van der Waals surface area contributed by atoms with Crippen molar-refractivity contribution >= 4 is 11.6 Å². The second-order valence-electron chi connectivity index (χ2n) is 3.62. The van der Waals surface area contributed by atoms with E-state index in [9.17, 15) is 4.39 Å². The van der Waals surface area contributed by atoms with Crippen LogP contribution in [0.3, 0.4) is 0 Å². The van der Waals surface area contributed by atoms with E-state index in [1.54, 1.807) is 18.2 Å². The zero-order valence-electron chi connectivity index (χ0n) is 8.19. The van der Waals surface area contributed by atoms with Crippen LogP contribution in [0, 0.1) is 5.82 Å². The molecule has 0 amide bonds. The summed E-state index contributed by atoms with van der Waals surface area (Å²) in [4.78, 5) is 0. The van der Waals surface area contributed by atoms with Gasteiger partial charge in [0.15, 0.2) is 0 Å². The molecule has 15 heavy (non-hydrogen) atoms. The van der Waals surface area contributed by atoms with Gasteiger partial charge in [-0.2, -0.15) is 0 Å². The molecule has 1 N–H and O–H groups in total. The predicted octanol–water partition coefficient (Wildman–Crippen LogP) is 3.41. The molecule has 0 fully saturated rings. The Hall–Kier alpha value is -1.28. The van der Waals surface area contributed by atoms with Crippen LogP contribution in [-0.2, 0) is 6.42 Å². The molecule has 0 radical (unpaired) electrons. The van der Waals surface area contributed by atoms with Gasteiger partial charge in [0.05, 0.1) is 5.02 Å². The predicted molar refractivity (Wildman–Crippen MR) is 60.1 cm³/mol. The van der Waals surface area contributed by atoms with E-state index in [4.69, 9.17) is 11.6 Å². The van der Waals surface area contributed by atoms with Crippen molar-refractivity contribution in [3.8, 4) is 0 Å². The average Bonchev–Trinajstić information content (AvgIpc) is 2.59. The van der Waals surface area contributed by atoms with Crippen molar-refractivity contribution in [1.82, 2.24) is 5.32 Å². The Morgan fingerprint density at radius 3 is 2.93 bits per heavy atom. The highest BCUT2D eigenvalue weighted by molar-refractivity contribution is 6.30. The van der Waals surface area contributed by atoms with Gasteiger partial charge in [-0.3, -0.25) is 0 Å². The molecule has 0 unspecified atom stereocenters. The highest BCUT2D eigenvalue weighted by Crippen LogP contribution is 2.23. The van der Waals surface area contributed by atoms with E-state index in [1.807, 2.05) is 6.20 Å². The SMILES string of the molecule is C=C1CC(Cc2cccc(Cl)c2F)=CN1. The van der Waals surface area contributed by atoms with Gasteiger partial charge in [-0.05, 0) is 23.6 Å². The van der Waals surface area contributed by atoms with Crippen molar-refractivity contribution < 1.29 is 4.39 Å². The molecule has 1 heterocycles. The lowest BCUT2D eigenvalue weighted by molar-refractivity contribution is 0.613. The first-order valence-electron chi connectivity index (χ1n) is 4.72. The molecule has 0 aromatic heterocycles. The third kappa shape index (κ3) is 2.21. The number of allylic oxidation sites excluding steroid dienone is 1. The molecule has 0 aliphatic carbocycles. The second-order valence-corrected chi connectivity index (χ2v) is 4.02. The zero-order valence-corrected chi connectivity index (χ0v) is 8.94. The summed E-state index contributed by atoms with van der Waals surface area (Å²) in [5, 5.41) is 3.19. The molecule has 0 saturated carbocycles. The molecule has 0 saturated heterocycles. The Balaban J connectivity index is 2.18. The lowest BCUT2D eigenvalue weighted by atomic mass is 10.0. The minimum Gasteiger partial charge on any atom is -0.365 e. The Bertz CT molecular complexity index is 437. The topological polar surface area (TPSA) is 12.0 Å². The summed E-state index contributed by atoms with van der Waals surface area (Å²) in [5.74, 6) is -0.322. The minimum absolute atomic E-state index is 0.179. The number of halogens is 2. The fourth-order valence-corrected chi connectivity index (χ4v) is 1.82. The summed E-state index contributed by atoms with van der Waals surface area (Å²) in [5.41, 5.74) is 2.71. The maximum absolute atomic E-state index is 13.6. The fourth-order valence-electron chi connectivity index (χ4n) is 1.62. The average molecular weight is 224 g/mol. The van der Waals surface area contributed by atoms with Crippen molar-refractivity contribution in [2.75, 3.05) is 0 Å². The molecule has 0 spiro atoms. The normalized spacial score (nSPS) is 15.1. The van der Waals surface area contributed by atoms with Gasteiger partial charge in [-0.1, -0.05) is 30.3 Å². The standard InChI is InChI=1S/C12H11ClFN/c1-8-5-9(7-15-8)6-10-3-2-4-11(13)12(10)14/h2-4,7,15H,1,5-6H2. The Morgan fingerprint density at radius 2 is 2.27 bits per heavy atom. The summed E-state index contributed by atoms with van der Waals surface area (Å²) in [6.45, 7) is 3.80. The van der Waals surface area contributed by atoms with Crippen LogP contribution >= 0.6 is 11.6 Å². The summed E-state index contributed by atoms with van der Waals surface area (Å²) in [7, 11) is 0. The molecular formula is C12H11ClFN. The molecule has 2 rings (SSSR count).